The molecule has 0 N–H and O–H groups in total. The van der Waals surface area contributed by atoms with E-state index in [0.717, 1.165) is 37.2 Å². The molecule has 1 fully saturated rings. The fourth-order valence-corrected chi connectivity index (χ4v) is 4.20. The van der Waals surface area contributed by atoms with Gasteiger partial charge in [-0.1, -0.05) is 34.1 Å². The van der Waals surface area contributed by atoms with Crippen molar-refractivity contribution in [2.24, 2.45) is 17.8 Å². The molecule has 1 aromatic rings. The van der Waals surface area contributed by atoms with Gasteiger partial charge in [-0.15, -0.1) is 0 Å². The number of fused-ring (bicyclic) bond motifs is 1. The first-order valence-corrected chi connectivity index (χ1v) is 10.0. The molecule has 2 aliphatic heterocycles. The van der Waals surface area contributed by atoms with Gasteiger partial charge in [0, 0.05) is 19.0 Å². The van der Waals surface area contributed by atoms with Gasteiger partial charge in [-0.05, 0) is 43.8 Å². The maximum Gasteiger partial charge on any atom is 0.225 e. The van der Waals surface area contributed by atoms with Crippen molar-refractivity contribution in [2.45, 2.75) is 66.6 Å². The molecule has 5 nitrogen and oxygen atoms in total. The van der Waals surface area contributed by atoms with Gasteiger partial charge in [0.05, 0.1) is 24.5 Å². The van der Waals surface area contributed by atoms with E-state index in [9.17, 15) is 4.79 Å². The lowest BCUT2D eigenvalue weighted by atomic mass is 9.84. The van der Waals surface area contributed by atoms with Crippen molar-refractivity contribution in [1.29, 1.82) is 0 Å². The topological polar surface area (TPSA) is 41.4 Å². The Kier molecular flexibility index (Phi) is 5.82. The molecule has 2 aliphatic rings. The van der Waals surface area contributed by atoms with E-state index in [1.165, 1.54) is 38.0 Å². The van der Waals surface area contributed by atoms with E-state index in [4.69, 9.17) is 5.10 Å². The molecule has 25 heavy (non-hydrogen) atoms. The van der Waals surface area contributed by atoms with Gasteiger partial charge in [0.25, 0.3) is 0 Å². The van der Waals surface area contributed by atoms with Crippen molar-refractivity contribution >= 4 is 5.91 Å². The Morgan fingerprint density at radius 1 is 1.20 bits per heavy atom. The summed E-state index contributed by atoms with van der Waals surface area (Å²) in [4.78, 5) is 16.8. The highest BCUT2D eigenvalue weighted by atomic mass is 16.2. The second-order valence-corrected chi connectivity index (χ2v) is 8.26. The van der Waals surface area contributed by atoms with Crippen LogP contribution in [0.15, 0.2) is 6.07 Å². The molecule has 0 radical (unpaired) electrons. The van der Waals surface area contributed by atoms with Gasteiger partial charge in [-0.2, -0.15) is 5.10 Å². The van der Waals surface area contributed by atoms with E-state index in [1.807, 2.05) is 18.7 Å². The predicted molar refractivity (Wildman–Crippen MR) is 99.9 cm³/mol. The second-order valence-electron chi connectivity index (χ2n) is 8.26. The number of carbonyl (C=O) groups excluding carboxylic acids is 1. The number of aromatic nitrogens is 2. The van der Waals surface area contributed by atoms with Crippen molar-refractivity contribution in [3.63, 3.8) is 0 Å². The number of hydrogen-bond donors (Lipinski definition) is 0. The molecule has 1 amide bonds. The molecule has 0 spiro atoms. The molecule has 3 heterocycles. The van der Waals surface area contributed by atoms with Crippen LogP contribution in [0.1, 0.15) is 58.3 Å². The quantitative estimate of drug-likeness (QED) is 0.822. The molecule has 0 aromatic carbocycles. The average molecular weight is 347 g/mol. The van der Waals surface area contributed by atoms with Gasteiger partial charge in [0.2, 0.25) is 5.91 Å². The number of rotatable bonds is 5. The SMILES string of the molecule is CCC(C)C1CCN(Cc2cc3n(n2)CCN(C(=O)C(C)C)C3)CC1. The molecular weight excluding hydrogens is 312 g/mol. The Labute approximate surface area is 152 Å². The van der Waals surface area contributed by atoms with Crippen LogP contribution in [0.4, 0.5) is 0 Å². The summed E-state index contributed by atoms with van der Waals surface area (Å²) >= 11 is 0. The molecule has 5 heteroatoms. The van der Waals surface area contributed by atoms with Crippen LogP contribution in [0.5, 0.6) is 0 Å². The van der Waals surface area contributed by atoms with Crippen molar-refractivity contribution < 1.29 is 4.79 Å². The van der Waals surface area contributed by atoms with Gasteiger partial charge < -0.3 is 4.90 Å². The fourth-order valence-electron chi connectivity index (χ4n) is 4.20. The standard InChI is InChI=1S/C20H34N4O/c1-5-16(4)17-6-8-22(9-7-17)13-18-12-19-14-23(20(25)15(2)3)10-11-24(19)21-18/h12,15-17H,5-11,13-14H2,1-4H3. The molecule has 1 atom stereocenters. The minimum atomic E-state index is 0.0701. The predicted octanol–water partition coefficient (Wildman–Crippen LogP) is 3.14. The van der Waals surface area contributed by atoms with Gasteiger partial charge in [0.1, 0.15) is 0 Å². The van der Waals surface area contributed by atoms with Crippen LogP contribution in [0.3, 0.4) is 0 Å². The summed E-state index contributed by atoms with van der Waals surface area (Å²) in [6.45, 7) is 14.3. The summed E-state index contributed by atoms with van der Waals surface area (Å²) in [5, 5.41) is 4.79. The zero-order chi connectivity index (χ0) is 18.0. The Balaban J connectivity index is 1.55. The number of carbonyl (C=O) groups is 1. The highest BCUT2D eigenvalue weighted by Crippen LogP contribution is 2.27. The first-order valence-electron chi connectivity index (χ1n) is 10.0. The Hall–Kier alpha value is -1.36. The number of hydrogen-bond acceptors (Lipinski definition) is 3. The third kappa shape index (κ3) is 4.25. The van der Waals surface area contributed by atoms with Gasteiger partial charge in [-0.3, -0.25) is 14.4 Å². The third-order valence-electron chi connectivity index (χ3n) is 6.12. The Morgan fingerprint density at radius 3 is 2.56 bits per heavy atom. The maximum atomic E-state index is 12.2. The summed E-state index contributed by atoms with van der Waals surface area (Å²) in [5.41, 5.74) is 2.35. The average Bonchev–Trinajstić information content (AvgIpc) is 3.02. The lowest BCUT2D eigenvalue weighted by molar-refractivity contribution is -0.136. The minimum absolute atomic E-state index is 0.0701. The van der Waals surface area contributed by atoms with Gasteiger partial charge in [0.15, 0.2) is 0 Å². The summed E-state index contributed by atoms with van der Waals surface area (Å²) in [6.07, 6.45) is 3.93. The number of piperidine rings is 1. The zero-order valence-electron chi connectivity index (χ0n) is 16.4. The van der Waals surface area contributed by atoms with E-state index < -0.39 is 0 Å². The molecule has 140 valence electrons. The largest absolute Gasteiger partial charge is 0.335 e. The Bertz CT molecular complexity index is 587. The first-order chi connectivity index (χ1) is 12.0. The van der Waals surface area contributed by atoms with E-state index in [-0.39, 0.29) is 11.8 Å². The van der Waals surface area contributed by atoms with E-state index in [0.29, 0.717) is 6.54 Å². The van der Waals surface area contributed by atoms with Crippen LogP contribution < -0.4 is 0 Å². The molecule has 1 aromatic heterocycles. The van der Waals surface area contributed by atoms with E-state index in [1.54, 1.807) is 0 Å². The number of likely N-dealkylation sites (tertiary alicyclic amines) is 1. The van der Waals surface area contributed by atoms with Crippen molar-refractivity contribution in [3.05, 3.63) is 17.5 Å². The molecular formula is C20H34N4O. The first kappa shape index (κ1) is 18.4. The van der Waals surface area contributed by atoms with Crippen LogP contribution in [-0.2, 0) is 24.4 Å². The van der Waals surface area contributed by atoms with Crippen LogP contribution in [0, 0.1) is 17.8 Å². The van der Waals surface area contributed by atoms with Crippen molar-refractivity contribution in [2.75, 3.05) is 19.6 Å². The fraction of sp³-hybridized carbons (Fsp3) is 0.800. The van der Waals surface area contributed by atoms with Crippen LogP contribution >= 0.6 is 0 Å². The van der Waals surface area contributed by atoms with Crippen molar-refractivity contribution in [1.82, 2.24) is 19.6 Å². The molecule has 0 bridgehead atoms. The van der Waals surface area contributed by atoms with Crippen LogP contribution in [-0.4, -0.2) is 45.1 Å². The highest BCUT2D eigenvalue weighted by molar-refractivity contribution is 5.78. The second kappa shape index (κ2) is 7.90. The third-order valence-corrected chi connectivity index (χ3v) is 6.12. The molecule has 0 aliphatic carbocycles. The lowest BCUT2D eigenvalue weighted by Gasteiger charge is -2.34. The van der Waals surface area contributed by atoms with Gasteiger partial charge >= 0.3 is 0 Å². The van der Waals surface area contributed by atoms with Crippen LogP contribution in [0.2, 0.25) is 0 Å². The van der Waals surface area contributed by atoms with Crippen molar-refractivity contribution in [3.8, 4) is 0 Å². The molecule has 1 saturated heterocycles. The smallest absolute Gasteiger partial charge is 0.225 e. The molecule has 1 unspecified atom stereocenters. The summed E-state index contributed by atoms with van der Waals surface area (Å²) in [5.74, 6) is 2.07. The summed E-state index contributed by atoms with van der Waals surface area (Å²) < 4.78 is 2.10. The zero-order valence-corrected chi connectivity index (χ0v) is 16.4. The summed E-state index contributed by atoms with van der Waals surface area (Å²) in [6, 6.07) is 2.21. The highest BCUT2D eigenvalue weighted by Gasteiger charge is 2.26. The van der Waals surface area contributed by atoms with E-state index in [2.05, 4.69) is 29.5 Å². The van der Waals surface area contributed by atoms with Crippen LogP contribution in [0.25, 0.3) is 0 Å². The normalized spacial score (nSPS) is 20.8. The van der Waals surface area contributed by atoms with E-state index >= 15 is 0 Å². The van der Waals surface area contributed by atoms with Gasteiger partial charge in [-0.25, -0.2) is 0 Å². The Morgan fingerprint density at radius 2 is 1.92 bits per heavy atom. The lowest BCUT2D eigenvalue weighted by Crippen LogP contribution is -2.40. The maximum absolute atomic E-state index is 12.2. The summed E-state index contributed by atoms with van der Waals surface area (Å²) in [7, 11) is 0. The number of nitrogens with zero attached hydrogens (tertiary/aromatic N) is 4. The minimum Gasteiger partial charge on any atom is -0.335 e. The number of amides is 1. The molecule has 3 rings (SSSR count). The molecule has 0 saturated carbocycles. The monoisotopic (exact) mass is 346 g/mol.